The van der Waals surface area contributed by atoms with E-state index in [0.717, 1.165) is 31.9 Å². The molecule has 1 aliphatic rings. The highest BCUT2D eigenvalue weighted by atomic mass is 15.2. The molecule has 16 heavy (non-hydrogen) atoms. The largest absolute Gasteiger partial charge is 0.330 e. The highest BCUT2D eigenvalue weighted by Crippen LogP contribution is 2.29. The van der Waals surface area contributed by atoms with Crippen molar-refractivity contribution in [3.63, 3.8) is 0 Å². The Kier molecular flexibility index (Phi) is 3.26. The molecule has 0 aromatic carbocycles. The molecule has 1 atom stereocenters. The van der Waals surface area contributed by atoms with Crippen molar-refractivity contribution in [3.05, 3.63) is 29.6 Å². The van der Waals surface area contributed by atoms with E-state index in [1.165, 1.54) is 12.0 Å². The van der Waals surface area contributed by atoms with Crippen molar-refractivity contribution in [2.45, 2.75) is 26.8 Å². The molecule has 3 nitrogen and oxygen atoms in total. The van der Waals surface area contributed by atoms with Crippen molar-refractivity contribution in [1.29, 1.82) is 0 Å². The van der Waals surface area contributed by atoms with Crippen LogP contribution in [0.5, 0.6) is 0 Å². The summed E-state index contributed by atoms with van der Waals surface area (Å²) in [4.78, 5) is 6.81. The van der Waals surface area contributed by atoms with E-state index in [1.54, 1.807) is 0 Å². The molecule has 0 radical (unpaired) electrons. The Morgan fingerprint density at radius 1 is 1.56 bits per heavy atom. The number of rotatable bonds is 3. The van der Waals surface area contributed by atoms with Gasteiger partial charge in [-0.1, -0.05) is 13.0 Å². The second-order valence-corrected chi connectivity index (χ2v) is 5.22. The molecule has 1 aromatic heterocycles. The summed E-state index contributed by atoms with van der Waals surface area (Å²) in [6.45, 7) is 8.42. The second kappa shape index (κ2) is 4.52. The monoisotopic (exact) mass is 219 g/mol. The third-order valence-corrected chi connectivity index (χ3v) is 3.64. The minimum Gasteiger partial charge on any atom is -0.330 e. The van der Waals surface area contributed by atoms with E-state index >= 15 is 0 Å². The van der Waals surface area contributed by atoms with E-state index in [0.29, 0.717) is 5.41 Å². The lowest BCUT2D eigenvalue weighted by Gasteiger charge is -2.22. The number of pyridine rings is 1. The molecule has 0 spiro atoms. The van der Waals surface area contributed by atoms with E-state index in [2.05, 4.69) is 29.8 Å². The quantitative estimate of drug-likeness (QED) is 0.839. The van der Waals surface area contributed by atoms with Gasteiger partial charge in [-0.15, -0.1) is 0 Å². The van der Waals surface area contributed by atoms with E-state index in [4.69, 9.17) is 5.73 Å². The Hall–Kier alpha value is -0.930. The molecule has 1 aromatic rings. The van der Waals surface area contributed by atoms with Gasteiger partial charge in [0, 0.05) is 25.0 Å². The van der Waals surface area contributed by atoms with Gasteiger partial charge in [-0.05, 0) is 43.5 Å². The van der Waals surface area contributed by atoms with Gasteiger partial charge in [-0.2, -0.15) is 0 Å². The Morgan fingerprint density at radius 2 is 2.38 bits per heavy atom. The average molecular weight is 219 g/mol. The first kappa shape index (κ1) is 11.6. The standard InChI is InChI=1S/C13H21N3/c1-11-12(4-3-6-15-11)8-16-7-5-13(2,9-14)10-16/h3-4,6H,5,7-10,14H2,1-2H3. The molecule has 1 fully saturated rings. The van der Waals surface area contributed by atoms with E-state index in [-0.39, 0.29) is 0 Å². The minimum absolute atomic E-state index is 0.316. The van der Waals surface area contributed by atoms with Crippen LogP contribution < -0.4 is 5.73 Å². The molecule has 88 valence electrons. The van der Waals surface area contributed by atoms with E-state index in [1.807, 2.05) is 12.3 Å². The number of hydrogen-bond acceptors (Lipinski definition) is 3. The van der Waals surface area contributed by atoms with Crippen molar-refractivity contribution in [2.24, 2.45) is 11.1 Å². The fourth-order valence-corrected chi connectivity index (χ4v) is 2.35. The van der Waals surface area contributed by atoms with Gasteiger partial charge in [-0.3, -0.25) is 9.88 Å². The number of aromatic nitrogens is 1. The molecule has 0 aliphatic carbocycles. The maximum atomic E-state index is 5.81. The summed E-state index contributed by atoms with van der Waals surface area (Å²) < 4.78 is 0. The summed E-state index contributed by atoms with van der Waals surface area (Å²) in [6.07, 6.45) is 3.07. The lowest BCUT2D eigenvalue weighted by molar-refractivity contribution is 0.274. The molecule has 3 heteroatoms. The topological polar surface area (TPSA) is 42.2 Å². The fraction of sp³-hybridized carbons (Fsp3) is 0.615. The number of nitrogens with zero attached hydrogens (tertiary/aromatic N) is 2. The summed E-state index contributed by atoms with van der Waals surface area (Å²) in [5, 5.41) is 0. The molecular formula is C13H21N3. The van der Waals surface area contributed by atoms with Crippen LogP contribution in [0.3, 0.4) is 0 Å². The van der Waals surface area contributed by atoms with Crippen LogP contribution in [0.15, 0.2) is 18.3 Å². The number of likely N-dealkylation sites (tertiary alicyclic amines) is 1. The van der Waals surface area contributed by atoms with Crippen LogP contribution in [0.1, 0.15) is 24.6 Å². The van der Waals surface area contributed by atoms with Gasteiger partial charge in [-0.25, -0.2) is 0 Å². The first-order valence-corrected chi connectivity index (χ1v) is 5.96. The van der Waals surface area contributed by atoms with Crippen LogP contribution in [-0.4, -0.2) is 29.5 Å². The zero-order valence-electron chi connectivity index (χ0n) is 10.2. The normalized spacial score (nSPS) is 26.2. The van der Waals surface area contributed by atoms with Gasteiger partial charge in [0.1, 0.15) is 0 Å². The summed E-state index contributed by atoms with van der Waals surface area (Å²) in [6, 6.07) is 4.18. The second-order valence-electron chi connectivity index (χ2n) is 5.22. The molecule has 2 N–H and O–H groups in total. The molecule has 2 heterocycles. The molecule has 0 amide bonds. The van der Waals surface area contributed by atoms with Crippen molar-refractivity contribution in [1.82, 2.24) is 9.88 Å². The Morgan fingerprint density at radius 3 is 3.00 bits per heavy atom. The first-order valence-electron chi connectivity index (χ1n) is 5.96. The van der Waals surface area contributed by atoms with Crippen molar-refractivity contribution >= 4 is 0 Å². The van der Waals surface area contributed by atoms with Gasteiger partial charge in [0.05, 0.1) is 0 Å². The number of hydrogen-bond donors (Lipinski definition) is 1. The van der Waals surface area contributed by atoms with Crippen LogP contribution in [-0.2, 0) is 6.54 Å². The molecular weight excluding hydrogens is 198 g/mol. The molecule has 1 saturated heterocycles. The third-order valence-electron chi connectivity index (χ3n) is 3.64. The average Bonchev–Trinajstić information content (AvgIpc) is 2.65. The van der Waals surface area contributed by atoms with E-state index < -0.39 is 0 Å². The summed E-state index contributed by atoms with van der Waals surface area (Å²) in [5.41, 5.74) is 8.61. The molecule has 2 rings (SSSR count). The summed E-state index contributed by atoms with van der Waals surface area (Å²) in [5.74, 6) is 0. The summed E-state index contributed by atoms with van der Waals surface area (Å²) >= 11 is 0. The zero-order valence-corrected chi connectivity index (χ0v) is 10.2. The Balaban J connectivity index is 2.00. The SMILES string of the molecule is Cc1ncccc1CN1CCC(C)(CN)C1. The lowest BCUT2D eigenvalue weighted by atomic mass is 9.90. The fourth-order valence-electron chi connectivity index (χ4n) is 2.35. The first-order chi connectivity index (χ1) is 7.63. The molecule has 0 saturated carbocycles. The van der Waals surface area contributed by atoms with Gasteiger partial charge in [0.15, 0.2) is 0 Å². The maximum Gasteiger partial charge on any atom is 0.0417 e. The van der Waals surface area contributed by atoms with E-state index in [9.17, 15) is 0 Å². The van der Waals surface area contributed by atoms with Crippen LogP contribution in [0.25, 0.3) is 0 Å². The zero-order chi connectivity index (χ0) is 11.6. The van der Waals surface area contributed by atoms with Crippen LogP contribution in [0.4, 0.5) is 0 Å². The highest BCUT2D eigenvalue weighted by molar-refractivity contribution is 5.18. The summed E-state index contributed by atoms with van der Waals surface area (Å²) in [7, 11) is 0. The minimum atomic E-state index is 0.316. The van der Waals surface area contributed by atoms with Crippen LogP contribution in [0.2, 0.25) is 0 Å². The maximum absolute atomic E-state index is 5.81. The molecule has 0 bridgehead atoms. The van der Waals surface area contributed by atoms with Crippen LogP contribution >= 0.6 is 0 Å². The Bertz CT molecular complexity index is 364. The van der Waals surface area contributed by atoms with Gasteiger partial charge >= 0.3 is 0 Å². The number of nitrogens with two attached hydrogens (primary N) is 1. The Labute approximate surface area is 97.7 Å². The predicted octanol–water partition coefficient (Wildman–Crippen LogP) is 1.56. The van der Waals surface area contributed by atoms with Crippen molar-refractivity contribution in [2.75, 3.05) is 19.6 Å². The smallest absolute Gasteiger partial charge is 0.0417 e. The van der Waals surface area contributed by atoms with Gasteiger partial charge in [0.2, 0.25) is 0 Å². The van der Waals surface area contributed by atoms with Gasteiger partial charge < -0.3 is 5.73 Å². The van der Waals surface area contributed by atoms with Crippen LogP contribution in [0, 0.1) is 12.3 Å². The van der Waals surface area contributed by atoms with Gasteiger partial charge in [0.25, 0.3) is 0 Å². The molecule has 1 aliphatic heterocycles. The molecule has 1 unspecified atom stereocenters. The highest BCUT2D eigenvalue weighted by Gasteiger charge is 2.32. The predicted molar refractivity (Wildman–Crippen MR) is 66.0 cm³/mol. The lowest BCUT2D eigenvalue weighted by Crippen LogP contribution is -2.31. The van der Waals surface area contributed by atoms with Crippen molar-refractivity contribution in [3.8, 4) is 0 Å². The third kappa shape index (κ3) is 2.42. The van der Waals surface area contributed by atoms with Crippen molar-refractivity contribution < 1.29 is 0 Å². The number of aryl methyl sites for hydroxylation is 1.